The zero-order chi connectivity index (χ0) is 16.7. The lowest BCUT2D eigenvalue weighted by atomic mass is 9.50. The van der Waals surface area contributed by atoms with Gasteiger partial charge in [-0.25, -0.2) is 0 Å². The Morgan fingerprint density at radius 1 is 1.04 bits per heavy atom. The van der Waals surface area contributed by atoms with E-state index in [0.717, 1.165) is 23.7 Å². The topological polar surface area (TPSA) is 23.5 Å². The predicted octanol–water partition coefficient (Wildman–Crippen LogP) is 4.18. The van der Waals surface area contributed by atoms with Gasteiger partial charge in [0.15, 0.2) is 0 Å². The SMILES string of the molecule is CC1(C)C2CC[C@]1(C)CN(CCC1C3CC4CC(C3)C(O)C1C4)C2. The van der Waals surface area contributed by atoms with Crippen LogP contribution >= 0.6 is 0 Å². The first kappa shape index (κ1) is 16.1. The van der Waals surface area contributed by atoms with Crippen molar-refractivity contribution in [2.45, 2.75) is 71.8 Å². The minimum Gasteiger partial charge on any atom is -0.393 e. The Bertz CT molecular complexity index is 516. The summed E-state index contributed by atoms with van der Waals surface area (Å²) in [6, 6.07) is 0. The van der Waals surface area contributed by atoms with Gasteiger partial charge in [-0.3, -0.25) is 0 Å². The number of hydrogen-bond donors (Lipinski definition) is 1. The van der Waals surface area contributed by atoms with Gasteiger partial charge in [0.05, 0.1) is 6.10 Å². The smallest absolute Gasteiger partial charge is 0.0599 e. The van der Waals surface area contributed by atoms with E-state index in [9.17, 15) is 5.11 Å². The number of nitrogens with zero attached hydrogens (tertiary/aromatic N) is 1. The molecule has 0 spiro atoms. The molecule has 0 radical (unpaired) electrons. The van der Waals surface area contributed by atoms with Gasteiger partial charge in [0.2, 0.25) is 0 Å². The van der Waals surface area contributed by atoms with Gasteiger partial charge in [-0.05, 0) is 97.8 Å². The van der Waals surface area contributed by atoms with Crippen molar-refractivity contribution in [2.24, 2.45) is 46.3 Å². The summed E-state index contributed by atoms with van der Waals surface area (Å²) in [4.78, 5) is 2.81. The van der Waals surface area contributed by atoms with E-state index in [4.69, 9.17) is 0 Å². The fourth-order valence-corrected chi connectivity index (χ4v) is 8.10. The predicted molar refractivity (Wildman–Crippen MR) is 97.6 cm³/mol. The summed E-state index contributed by atoms with van der Waals surface area (Å²) < 4.78 is 0. The molecule has 1 aliphatic heterocycles. The van der Waals surface area contributed by atoms with E-state index < -0.39 is 0 Å². The zero-order valence-electron chi connectivity index (χ0n) is 16.0. The maximum Gasteiger partial charge on any atom is 0.0599 e. The Morgan fingerprint density at radius 2 is 1.83 bits per heavy atom. The highest BCUT2D eigenvalue weighted by Gasteiger charge is 2.56. The lowest BCUT2D eigenvalue weighted by molar-refractivity contribution is -0.133. The van der Waals surface area contributed by atoms with Gasteiger partial charge in [-0.15, -0.1) is 0 Å². The van der Waals surface area contributed by atoms with E-state index in [1.807, 2.05) is 0 Å². The largest absolute Gasteiger partial charge is 0.393 e. The monoisotopic (exact) mass is 331 g/mol. The van der Waals surface area contributed by atoms with E-state index in [2.05, 4.69) is 25.7 Å². The third-order valence-electron chi connectivity index (χ3n) is 10.0. The van der Waals surface area contributed by atoms with Gasteiger partial charge in [0.1, 0.15) is 0 Å². The van der Waals surface area contributed by atoms with Crippen LogP contribution in [-0.4, -0.2) is 35.7 Å². The zero-order valence-corrected chi connectivity index (χ0v) is 16.0. The standard InChI is InChI=1S/C22H37NO/c1-21(2)17-4-6-22(21,3)13-23(12-17)7-5-18-15-8-14-9-16(11-15)20(24)19(18)10-14/h14-20,24H,4-13H2,1-3H3/t14?,15?,16?,17?,18?,19?,20?,22-/m1/s1. The molecule has 0 aromatic heterocycles. The molecule has 6 aliphatic rings. The molecule has 1 saturated heterocycles. The first-order valence-corrected chi connectivity index (χ1v) is 10.8. The summed E-state index contributed by atoms with van der Waals surface area (Å²) in [5.74, 6) is 4.95. The number of hydrogen-bond acceptors (Lipinski definition) is 2. The minimum absolute atomic E-state index is 0.0387. The summed E-state index contributed by atoms with van der Waals surface area (Å²) in [6.45, 7) is 11.5. The van der Waals surface area contributed by atoms with Gasteiger partial charge in [0.25, 0.3) is 0 Å². The van der Waals surface area contributed by atoms with Crippen molar-refractivity contribution in [2.75, 3.05) is 19.6 Å². The molecule has 5 aliphatic carbocycles. The van der Waals surface area contributed by atoms with Crippen molar-refractivity contribution in [1.29, 1.82) is 0 Å². The van der Waals surface area contributed by atoms with Crippen LogP contribution in [0, 0.1) is 46.3 Å². The number of piperidine rings is 1. The molecule has 6 fully saturated rings. The molecule has 5 saturated carbocycles. The average Bonchev–Trinajstić information content (AvgIpc) is 2.68. The molecule has 1 heterocycles. The van der Waals surface area contributed by atoms with Crippen molar-refractivity contribution < 1.29 is 5.11 Å². The Hall–Kier alpha value is -0.0800. The molecule has 6 rings (SSSR count). The first-order chi connectivity index (χ1) is 11.4. The van der Waals surface area contributed by atoms with Gasteiger partial charge in [0, 0.05) is 13.1 Å². The average molecular weight is 332 g/mol. The van der Waals surface area contributed by atoms with Gasteiger partial charge >= 0.3 is 0 Å². The fourth-order valence-electron chi connectivity index (χ4n) is 8.10. The summed E-state index contributed by atoms with van der Waals surface area (Å²) in [6.07, 6.45) is 9.76. The van der Waals surface area contributed by atoms with Gasteiger partial charge in [-0.1, -0.05) is 20.8 Å². The number of likely N-dealkylation sites (tertiary alicyclic amines) is 1. The third kappa shape index (κ3) is 2.14. The molecule has 6 bridgehead atoms. The van der Waals surface area contributed by atoms with E-state index in [-0.39, 0.29) is 6.10 Å². The molecule has 1 N–H and O–H groups in total. The number of rotatable bonds is 3. The summed E-state index contributed by atoms with van der Waals surface area (Å²) >= 11 is 0. The van der Waals surface area contributed by atoms with Crippen LogP contribution in [0.25, 0.3) is 0 Å². The van der Waals surface area contributed by atoms with Gasteiger partial charge in [-0.2, -0.15) is 0 Å². The molecular formula is C22H37NO. The quantitative estimate of drug-likeness (QED) is 0.839. The third-order valence-corrected chi connectivity index (χ3v) is 10.0. The normalized spacial score (nSPS) is 55.2. The first-order valence-electron chi connectivity index (χ1n) is 10.8. The maximum atomic E-state index is 10.7. The molecule has 8 atom stereocenters. The fraction of sp³-hybridized carbons (Fsp3) is 1.00. The summed E-state index contributed by atoms with van der Waals surface area (Å²) in [7, 11) is 0. The van der Waals surface area contributed by atoms with Crippen molar-refractivity contribution in [3.8, 4) is 0 Å². The van der Waals surface area contributed by atoms with E-state index in [0.29, 0.717) is 22.7 Å². The van der Waals surface area contributed by atoms with Gasteiger partial charge < -0.3 is 10.0 Å². The van der Waals surface area contributed by atoms with Crippen LogP contribution < -0.4 is 0 Å². The number of aliphatic hydroxyl groups is 1. The second-order valence-electron chi connectivity index (χ2n) is 11.2. The molecule has 0 amide bonds. The van der Waals surface area contributed by atoms with Crippen molar-refractivity contribution in [1.82, 2.24) is 4.90 Å². The molecular weight excluding hydrogens is 294 g/mol. The lowest BCUT2D eigenvalue weighted by Crippen LogP contribution is -2.55. The van der Waals surface area contributed by atoms with E-state index in [1.165, 1.54) is 64.6 Å². The highest BCUT2D eigenvalue weighted by molar-refractivity contribution is 5.07. The summed E-state index contributed by atoms with van der Waals surface area (Å²) in [5.41, 5.74) is 1.06. The molecule has 0 aromatic carbocycles. The molecule has 0 aromatic rings. The van der Waals surface area contributed by atoms with Crippen LogP contribution in [-0.2, 0) is 0 Å². The highest BCUT2D eigenvalue weighted by atomic mass is 16.3. The van der Waals surface area contributed by atoms with E-state index in [1.54, 1.807) is 0 Å². The Labute approximate surface area is 148 Å². The Balaban J connectivity index is 1.25. The minimum atomic E-state index is 0.0387. The van der Waals surface area contributed by atoms with Crippen LogP contribution in [0.4, 0.5) is 0 Å². The van der Waals surface area contributed by atoms with E-state index >= 15 is 0 Å². The van der Waals surface area contributed by atoms with Crippen LogP contribution in [0.5, 0.6) is 0 Å². The number of aliphatic hydroxyl groups excluding tert-OH is 1. The summed E-state index contributed by atoms with van der Waals surface area (Å²) in [5, 5.41) is 10.7. The molecule has 2 heteroatoms. The molecule has 2 nitrogen and oxygen atoms in total. The van der Waals surface area contributed by atoms with Crippen molar-refractivity contribution in [3.05, 3.63) is 0 Å². The second kappa shape index (κ2) is 5.22. The van der Waals surface area contributed by atoms with Crippen LogP contribution in [0.3, 0.4) is 0 Å². The maximum absolute atomic E-state index is 10.7. The van der Waals surface area contributed by atoms with Crippen LogP contribution in [0.2, 0.25) is 0 Å². The lowest BCUT2D eigenvalue weighted by Gasteiger charge is -2.57. The van der Waals surface area contributed by atoms with Crippen LogP contribution in [0.15, 0.2) is 0 Å². The van der Waals surface area contributed by atoms with Crippen LogP contribution in [0.1, 0.15) is 65.7 Å². The molecule has 24 heavy (non-hydrogen) atoms. The Morgan fingerprint density at radius 3 is 2.62 bits per heavy atom. The Kier molecular flexibility index (Phi) is 3.51. The highest BCUT2D eigenvalue weighted by Crippen LogP contribution is 2.60. The molecule has 136 valence electrons. The van der Waals surface area contributed by atoms with Crippen molar-refractivity contribution in [3.63, 3.8) is 0 Å². The second-order valence-corrected chi connectivity index (χ2v) is 11.2. The number of fused-ring (bicyclic) bond motifs is 2. The van der Waals surface area contributed by atoms with Crippen molar-refractivity contribution >= 4 is 0 Å². The molecule has 7 unspecified atom stereocenters.